The number of nitriles is 2. The van der Waals surface area contributed by atoms with Crippen LogP contribution in [0, 0.1) is 28.5 Å². The van der Waals surface area contributed by atoms with Gasteiger partial charge in [0.25, 0.3) is 5.91 Å². The standard InChI is InChI=1S/C24H14FN5O4/c25-14-8-6-13(7-9-14)21-16(10-26)19-22(30(21)15-4-2-1-3-5-15)17(11-27)29-20(23(19)33)24(34)28-12-18(31)32/h1-9,33H,12H2,(H,28,34)(H,31,32). The van der Waals surface area contributed by atoms with Gasteiger partial charge in [0.15, 0.2) is 17.1 Å². The highest BCUT2D eigenvalue weighted by Gasteiger charge is 2.29. The number of hydrogen-bond acceptors (Lipinski definition) is 6. The van der Waals surface area contributed by atoms with Gasteiger partial charge in [0.05, 0.1) is 22.2 Å². The molecule has 0 atom stereocenters. The molecule has 0 aliphatic carbocycles. The maximum atomic E-state index is 13.6. The Bertz CT molecular complexity index is 1530. The van der Waals surface area contributed by atoms with Gasteiger partial charge < -0.3 is 20.1 Å². The zero-order valence-corrected chi connectivity index (χ0v) is 17.3. The predicted molar refractivity (Wildman–Crippen MR) is 118 cm³/mol. The van der Waals surface area contributed by atoms with Crippen molar-refractivity contribution in [2.75, 3.05) is 6.54 Å². The molecule has 0 bridgehead atoms. The number of amides is 1. The van der Waals surface area contributed by atoms with Crippen LogP contribution in [0.2, 0.25) is 0 Å². The zero-order chi connectivity index (χ0) is 24.4. The first kappa shape index (κ1) is 22.0. The van der Waals surface area contributed by atoms with Crippen molar-refractivity contribution in [1.82, 2.24) is 14.9 Å². The highest BCUT2D eigenvalue weighted by atomic mass is 19.1. The molecule has 9 nitrogen and oxygen atoms in total. The number of halogens is 1. The number of rotatable bonds is 5. The van der Waals surface area contributed by atoms with Crippen LogP contribution in [0.15, 0.2) is 54.6 Å². The molecule has 0 unspecified atom stereocenters. The van der Waals surface area contributed by atoms with Gasteiger partial charge in [-0.25, -0.2) is 9.37 Å². The molecule has 0 aliphatic heterocycles. The van der Waals surface area contributed by atoms with Gasteiger partial charge in [-0.1, -0.05) is 18.2 Å². The molecule has 34 heavy (non-hydrogen) atoms. The summed E-state index contributed by atoms with van der Waals surface area (Å²) in [5, 5.41) is 41.7. The third-order valence-electron chi connectivity index (χ3n) is 5.04. The van der Waals surface area contributed by atoms with E-state index < -0.39 is 35.7 Å². The minimum absolute atomic E-state index is 0.0665. The van der Waals surface area contributed by atoms with Crippen LogP contribution < -0.4 is 5.32 Å². The Labute approximate surface area is 191 Å². The number of carboxylic acid groups (broad SMARTS) is 1. The van der Waals surface area contributed by atoms with E-state index >= 15 is 0 Å². The number of carbonyl (C=O) groups excluding carboxylic acids is 1. The highest BCUT2D eigenvalue weighted by Crippen LogP contribution is 2.42. The molecule has 2 heterocycles. The second kappa shape index (κ2) is 8.73. The van der Waals surface area contributed by atoms with E-state index in [2.05, 4.69) is 10.3 Å². The first-order valence-electron chi connectivity index (χ1n) is 9.80. The maximum Gasteiger partial charge on any atom is 0.322 e. The Kier molecular flexibility index (Phi) is 5.64. The van der Waals surface area contributed by atoms with Gasteiger partial charge in [-0.05, 0) is 36.4 Å². The molecule has 2 aromatic heterocycles. The molecule has 4 aromatic rings. The Morgan fingerprint density at radius 3 is 2.32 bits per heavy atom. The van der Waals surface area contributed by atoms with Crippen LogP contribution in [0.25, 0.3) is 27.8 Å². The molecule has 10 heteroatoms. The smallest absolute Gasteiger partial charge is 0.322 e. The van der Waals surface area contributed by atoms with Gasteiger partial charge in [-0.3, -0.25) is 9.59 Å². The fourth-order valence-electron chi connectivity index (χ4n) is 3.66. The molecule has 166 valence electrons. The highest BCUT2D eigenvalue weighted by molar-refractivity contribution is 6.08. The van der Waals surface area contributed by atoms with Crippen LogP contribution in [0.3, 0.4) is 0 Å². The maximum absolute atomic E-state index is 13.6. The van der Waals surface area contributed by atoms with Gasteiger partial charge in [-0.15, -0.1) is 0 Å². The summed E-state index contributed by atoms with van der Waals surface area (Å²) >= 11 is 0. The van der Waals surface area contributed by atoms with E-state index in [1.54, 1.807) is 30.3 Å². The lowest BCUT2D eigenvalue weighted by molar-refractivity contribution is -0.135. The van der Waals surface area contributed by atoms with Crippen molar-refractivity contribution in [3.05, 3.63) is 77.4 Å². The molecular weight excluding hydrogens is 441 g/mol. The Morgan fingerprint density at radius 1 is 1.06 bits per heavy atom. The summed E-state index contributed by atoms with van der Waals surface area (Å²) in [6, 6.07) is 17.8. The number of nitrogens with one attached hydrogen (secondary N) is 1. The fraction of sp³-hybridized carbons (Fsp3) is 0.0417. The first-order chi connectivity index (χ1) is 16.4. The van der Waals surface area contributed by atoms with Crippen LogP contribution in [0.5, 0.6) is 5.75 Å². The summed E-state index contributed by atoms with van der Waals surface area (Å²) in [4.78, 5) is 27.3. The lowest BCUT2D eigenvalue weighted by atomic mass is 10.0. The first-order valence-corrected chi connectivity index (χ1v) is 9.80. The monoisotopic (exact) mass is 455 g/mol. The van der Waals surface area contributed by atoms with Crippen molar-refractivity contribution in [3.8, 4) is 34.8 Å². The Hall–Kier alpha value is -5.22. The third kappa shape index (κ3) is 3.66. The largest absolute Gasteiger partial charge is 0.505 e. The summed E-state index contributed by atoms with van der Waals surface area (Å²) in [5.41, 5.74) is 0.304. The third-order valence-corrected chi connectivity index (χ3v) is 5.04. The minimum atomic E-state index is -1.32. The number of carboxylic acids is 1. The molecular formula is C24H14FN5O4. The second-order valence-corrected chi connectivity index (χ2v) is 7.08. The van der Waals surface area contributed by atoms with E-state index in [1.807, 2.05) is 12.1 Å². The van der Waals surface area contributed by atoms with Gasteiger partial charge >= 0.3 is 5.97 Å². The fourth-order valence-corrected chi connectivity index (χ4v) is 3.66. The number of carbonyl (C=O) groups is 2. The topological polar surface area (TPSA) is 152 Å². The number of hydrogen-bond donors (Lipinski definition) is 3. The predicted octanol–water partition coefficient (Wildman–Crippen LogP) is 3.09. The molecule has 0 saturated heterocycles. The lowest BCUT2D eigenvalue weighted by Gasteiger charge is -2.12. The molecule has 0 fully saturated rings. The average Bonchev–Trinajstić information content (AvgIpc) is 3.19. The molecule has 0 aliphatic rings. The molecule has 3 N–H and O–H groups in total. The van der Waals surface area contributed by atoms with Crippen molar-refractivity contribution >= 4 is 22.8 Å². The number of para-hydroxylation sites is 1. The number of aromatic nitrogens is 2. The van der Waals surface area contributed by atoms with Gasteiger partial charge in [-0.2, -0.15) is 10.5 Å². The number of fused-ring (bicyclic) bond motifs is 1. The van der Waals surface area contributed by atoms with Crippen molar-refractivity contribution < 1.29 is 24.2 Å². The number of nitrogens with zero attached hydrogens (tertiary/aromatic N) is 4. The molecule has 0 spiro atoms. The number of pyridine rings is 1. The summed E-state index contributed by atoms with van der Waals surface area (Å²) in [7, 11) is 0. The normalized spacial score (nSPS) is 10.4. The molecule has 0 radical (unpaired) electrons. The van der Waals surface area contributed by atoms with Gasteiger partial charge in [0.2, 0.25) is 0 Å². The van der Waals surface area contributed by atoms with Crippen molar-refractivity contribution in [2.45, 2.75) is 0 Å². The van der Waals surface area contributed by atoms with Gasteiger partial charge in [0, 0.05) is 11.3 Å². The van der Waals surface area contributed by atoms with Crippen molar-refractivity contribution in [2.24, 2.45) is 0 Å². The van der Waals surface area contributed by atoms with Gasteiger partial charge in [0.1, 0.15) is 24.5 Å². The Balaban J connectivity index is 2.15. The van der Waals surface area contributed by atoms with Crippen LogP contribution in [0.1, 0.15) is 21.7 Å². The van der Waals surface area contributed by atoms with E-state index in [-0.39, 0.29) is 27.9 Å². The van der Waals surface area contributed by atoms with E-state index in [4.69, 9.17) is 5.11 Å². The average molecular weight is 455 g/mol. The number of aliphatic carboxylic acids is 1. The van der Waals surface area contributed by atoms with Crippen molar-refractivity contribution in [3.63, 3.8) is 0 Å². The van der Waals surface area contributed by atoms with Crippen molar-refractivity contribution in [1.29, 1.82) is 10.5 Å². The van der Waals surface area contributed by atoms with Crippen LogP contribution in [-0.4, -0.2) is 38.2 Å². The van der Waals surface area contributed by atoms with Crippen LogP contribution >= 0.6 is 0 Å². The van der Waals surface area contributed by atoms with E-state index in [9.17, 15) is 29.6 Å². The second-order valence-electron chi connectivity index (χ2n) is 7.08. The van der Waals surface area contributed by atoms with Crippen LogP contribution in [0.4, 0.5) is 4.39 Å². The van der Waals surface area contributed by atoms with E-state index in [0.29, 0.717) is 11.3 Å². The summed E-state index contributed by atoms with van der Waals surface area (Å²) in [6.45, 7) is -0.739. The van der Waals surface area contributed by atoms with E-state index in [0.717, 1.165) is 0 Å². The molecule has 4 rings (SSSR count). The van der Waals surface area contributed by atoms with E-state index in [1.165, 1.54) is 28.8 Å². The quantitative estimate of drug-likeness (QED) is 0.418. The SMILES string of the molecule is N#Cc1c(-c2ccc(F)cc2)n(-c2ccccc2)c2c(C#N)nc(C(=O)NCC(=O)O)c(O)c12. The van der Waals surface area contributed by atoms with Crippen LogP contribution in [-0.2, 0) is 4.79 Å². The summed E-state index contributed by atoms with van der Waals surface area (Å²) in [5.74, 6) is -3.53. The zero-order valence-electron chi connectivity index (χ0n) is 17.3. The number of aromatic hydroxyl groups is 1. The summed E-state index contributed by atoms with van der Waals surface area (Å²) in [6.07, 6.45) is 0. The molecule has 2 aromatic carbocycles. The molecule has 1 amide bonds. The minimum Gasteiger partial charge on any atom is -0.505 e. The Morgan fingerprint density at radius 2 is 1.74 bits per heavy atom. The summed E-state index contributed by atoms with van der Waals surface area (Å²) < 4.78 is 15.1. The molecule has 0 saturated carbocycles. The lowest BCUT2D eigenvalue weighted by Crippen LogP contribution is -2.30. The number of benzene rings is 2.